The molecular formula is C22H25ClN4O2. The number of imidazole rings is 1. The van der Waals surface area contributed by atoms with Gasteiger partial charge in [0.25, 0.3) is 5.91 Å². The van der Waals surface area contributed by atoms with E-state index in [2.05, 4.69) is 36.4 Å². The smallest absolute Gasteiger partial charge is 0.251 e. The van der Waals surface area contributed by atoms with Crippen molar-refractivity contribution < 1.29 is 9.59 Å². The predicted molar refractivity (Wildman–Crippen MR) is 116 cm³/mol. The lowest BCUT2D eigenvalue weighted by Gasteiger charge is -2.24. The van der Waals surface area contributed by atoms with Crippen LogP contribution in [0.25, 0.3) is 11.0 Å². The summed E-state index contributed by atoms with van der Waals surface area (Å²) in [5.41, 5.74) is 2.13. The Labute approximate surface area is 175 Å². The molecule has 2 amide bonds. The number of fused-ring (bicyclic) bond motifs is 1. The third kappa shape index (κ3) is 5.15. The zero-order valence-corrected chi connectivity index (χ0v) is 17.6. The molecule has 0 unspecified atom stereocenters. The van der Waals surface area contributed by atoms with Crippen LogP contribution in [0.4, 0.5) is 5.95 Å². The molecule has 3 aromatic rings. The third-order valence-electron chi connectivity index (χ3n) is 4.46. The Hall–Kier alpha value is -2.86. The molecule has 2 aromatic carbocycles. The van der Waals surface area contributed by atoms with Gasteiger partial charge in [-0.15, -0.1) is 0 Å². The zero-order chi connectivity index (χ0) is 21.0. The van der Waals surface area contributed by atoms with E-state index in [1.165, 1.54) is 0 Å². The number of aromatic nitrogens is 2. The van der Waals surface area contributed by atoms with Crippen LogP contribution >= 0.6 is 11.6 Å². The van der Waals surface area contributed by atoms with Crippen LogP contribution in [-0.2, 0) is 10.3 Å². The third-order valence-corrected chi connectivity index (χ3v) is 4.71. The fraction of sp³-hybridized carbons (Fsp3) is 0.318. The summed E-state index contributed by atoms with van der Waals surface area (Å²) in [5.74, 6) is 0.219. The van der Waals surface area contributed by atoms with Gasteiger partial charge in [0.15, 0.2) is 0 Å². The number of nitrogens with one attached hydrogen (secondary N) is 2. The molecular weight excluding hydrogens is 388 g/mol. The first-order chi connectivity index (χ1) is 13.8. The van der Waals surface area contributed by atoms with Crippen LogP contribution in [0.1, 0.15) is 44.0 Å². The number of benzene rings is 2. The van der Waals surface area contributed by atoms with Crippen LogP contribution < -0.4 is 10.6 Å². The van der Waals surface area contributed by atoms with Gasteiger partial charge in [0.2, 0.25) is 11.9 Å². The summed E-state index contributed by atoms with van der Waals surface area (Å²) in [6.45, 7) is 6.62. The Morgan fingerprint density at radius 1 is 1.07 bits per heavy atom. The summed E-state index contributed by atoms with van der Waals surface area (Å²) in [7, 11) is 0. The maximum atomic E-state index is 12.4. The van der Waals surface area contributed by atoms with Crippen LogP contribution in [0.2, 0.25) is 5.02 Å². The van der Waals surface area contributed by atoms with Crippen LogP contribution in [0.15, 0.2) is 48.5 Å². The Balaban J connectivity index is 1.56. The normalized spacial score (nSPS) is 11.4. The van der Waals surface area contributed by atoms with E-state index in [0.29, 0.717) is 29.5 Å². The quantitative estimate of drug-likeness (QED) is 0.581. The Morgan fingerprint density at radius 2 is 1.76 bits per heavy atom. The molecule has 3 rings (SSSR count). The largest absolute Gasteiger partial charge is 0.352 e. The lowest BCUT2D eigenvalue weighted by molar-refractivity contribution is -0.116. The van der Waals surface area contributed by atoms with E-state index in [9.17, 15) is 9.59 Å². The highest BCUT2D eigenvalue weighted by atomic mass is 35.5. The van der Waals surface area contributed by atoms with E-state index >= 15 is 0 Å². The summed E-state index contributed by atoms with van der Waals surface area (Å²) in [6.07, 6.45) is 0.815. The van der Waals surface area contributed by atoms with E-state index in [4.69, 9.17) is 11.6 Å². The van der Waals surface area contributed by atoms with Gasteiger partial charge in [-0.1, -0.05) is 23.7 Å². The van der Waals surface area contributed by atoms with Crippen molar-refractivity contribution in [3.05, 3.63) is 59.1 Å². The molecule has 0 aliphatic rings. The van der Waals surface area contributed by atoms with Gasteiger partial charge in [0, 0.05) is 29.1 Å². The van der Waals surface area contributed by atoms with Crippen molar-refractivity contribution in [3.8, 4) is 0 Å². The molecule has 0 aliphatic heterocycles. The lowest BCUT2D eigenvalue weighted by atomic mass is 10.1. The van der Waals surface area contributed by atoms with Gasteiger partial charge < -0.3 is 9.88 Å². The van der Waals surface area contributed by atoms with E-state index in [1.807, 2.05) is 28.8 Å². The van der Waals surface area contributed by atoms with Crippen molar-refractivity contribution >= 4 is 40.4 Å². The maximum absolute atomic E-state index is 12.4. The van der Waals surface area contributed by atoms with Gasteiger partial charge in [-0.05, 0) is 63.6 Å². The fourth-order valence-electron chi connectivity index (χ4n) is 3.13. The molecule has 7 heteroatoms. The van der Waals surface area contributed by atoms with E-state index < -0.39 is 0 Å². The average Bonchev–Trinajstić information content (AvgIpc) is 3.03. The number of hydrogen-bond acceptors (Lipinski definition) is 3. The first-order valence-corrected chi connectivity index (χ1v) is 9.95. The molecule has 0 spiro atoms. The van der Waals surface area contributed by atoms with Gasteiger partial charge in [-0.25, -0.2) is 4.98 Å². The van der Waals surface area contributed by atoms with Crippen LogP contribution in [0.5, 0.6) is 0 Å². The Bertz CT molecular complexity index is 1020. The number of nitrogens with zero attached hydrogens (tertiary/aromatic N) is 2. The number of para-hydroxylation sites is 2. The second-order valence-electron chi connectivity index (χ2n) is 7.84. The summed E-state index contributed by atoms with van der Waals surface area (Å²) >= 11 is 5.83. The number of amides is 2. The highest BCUT2D eigenvalue weighted by molar-refractivity contribution is 6.30. The van der Waals surface area contributed by atoms with Crippen molar-refractivity contribution in [2.45, 2.75) is 39.2 Å². The predicted octanol–water partition coefficient (Wildman–Crippen LogP) is 4.59. The highest BCUT2D eigenvalue weighted by Gasteiger charge is 2.22. The van der Waals surface area contributed by atoms with Gasteiger partial charge in [-0.2, -0.15) is 0 Å². The number of anilines is 1. The van der Waals surface area contributed by atoms with Crippen LogP contribution in [0, 0.1) is 0 Å². The molecule has 0 saturated carbocycles. The highest BCUT2D eigenvalue weighted by Crippen LogP contribution is 2.28. The minimum Gasteiger partial charge on any atom is -0.352 e. The number of carbonyl (C=O) groups is 2. The monoisotopic (exact) mass is 412 g/mol. The van der Waals surface area contributed by atoms with Crippen LogP contribution in [0.3, 0.4) is 0 Å². The van der Waals surface area contributed by atoms with Crippen LogP contribution in [-0.4, -0.2) is 27.9 Å². The first-order valence-electron chi connectivity index (χ1n) is 9.57. The molecule has 0 radical (unpaired) electrons. The number of hydrogen-bond donors (Lipinski definition) is 2. The molecule has 1 heterocycles. The van der Waals surface area contributed by atoms with E-state index in [0.717, 1.165) is 11.0 Å². The van der Waals surface area contributed by atoms with Crippen molar-refractivity contribution in [1.82, 2.24) is 14.9 Å². The summed E-state index contributed by atoms with van der Waals surface area (Å²) < 4.78 is 2.03. The van der Waals surface area contributed by atoms with Crippen molar-refractivity contribution in [1.29, 1.82) is 0 Å². The van der Waals surface area contributed by atoms with Gasteiger partial charge in [0.1, 0.15) is 0 Å². The molecule has 2 N–H and O–H groups in total. The topological polar surface area (TPSA) is 76.0 Å². The minimum absolute atomic E-state index is 0.133. The number of carbonyl (C=O) groups excluding carboxylic acids is 2. The molecule has 0 bridgehead atoms. The molecule has 6 nitrogen and oxygen atoms in total. The summed E-state index contributed by atoms with van der Waals surface area (Å²) in [6, 6.07) is 14.5. The molecule has 0 fully saturated rings. The number of rotatable bonds is 6. The standard InChI is InChI=1S/C22H25ClN4O2/c1-22(2,3)27-18-8-5-4-7-17(18)25-21(27)26-19(28)9-6-14-24-20(29)15-10-12-16(23)13-11-15/h4-5,7-8,10-13H,6,9,14H2,1-3H3,(H,24,29)(H,25,26,28). The fourth-order valence-corrected chi connectivity index (χ4v) is 3.26. The number of halogens is 1. The maximum Gasteiger partial charge on any atom is 0.251 e. The molecule has 152 valence electrons. The van der Waals surface area contributed by atoms with E-state index in [-0.39, 0.29) is 23.8 Å². The molecule has 0 atom stereocenters. The van der Waals surface area contributed by atoms with Gasteiger partial charge in [-0.3, -0.25) is 14.9 Å². The van der Waals surface area contributed by atoms with Crippen molar-refractivity contribution in [3.63, 3.8) is 0 Å². The van der Waals surface area contributed by atoms with Crippen molar-refractivity contribution in [2.24, 2.45) is 0 Å². The SMILES string of the molecule is CC(C)(C)n1c(NC(=O)CCCNC(=O)c2ccc(Cl)cc2)nc2ccccc21. The summed E-state index contributed by atoms with van der Waals surface area (Å²) in [5, 5.41) is 6.31. The first kappa shape index (κ1) is 20.9. The molecule has 29 heavy (non-hydrogen) atoms. The second kappa shape index (κ2) is 8.66. The Kier molecular flexibility index (Phi) is 6.23. The molecule has 1 aromatic heterocycles. The summed E-state index contributed by atoms with van der Waals surface area (Å²) in [4.78, 5) is 29.1. The zero-order valence-electron chi connectivity index (χ0n) is 16.8. The van der Waals surface area contributed by atoms with Gasteiger partial charge >= 0.3 is 0 Å². The Morgan fingerprint density at radius 3 is 2.45 bits per heavy atom. The molecule has 0 saturated heterocycles. The second-order valence-corrected chi connectivity index (χ2v) is 8.28. The van der Waals surface area contributed by atoms with Crippen molar-refractivity contribution in [2.75, 3.05) is 11.9 Å². The molecule has 0 aliphatic carbocycles. The minimum atomic E-state index is -0.231. The average molecular weight is 413 g/mol. The van der Waals surface area contributed by atoms with E-state index in [1.54, 1.807) is 24.3 Å². The lowest BCUT2D eigenvalue weighted by Crippen LogP contribution is -2.27. The van der Waals surface area contributed by atoms with Gasteiger partial charge in [0.05, 0.1) is 11.0 Å².